The standard InChI is InChI=1S/C24H29N7O2/c1-4-5-7-19(22-26-12-13-27-22)29-23-21-18(8-6-11-25-21)30-24(31-23)28-15-16-9-10-17(32-2)14-20(16)33-3/h6,8-14,19H,4-5,7,15H2,1-3H3,(H,26,27)(H2,28,29,30,31)/t19-/m1/s1. The maximum absolute atomic E-state index is 5.51. The average molecular weight is 448 g/mol. The molecule has 0 spiro atoms. The molecular weight excluding hydrogens is 418 g/mol. The summed E-state index contributed by atoms with van der Waals surface area (Å²) in [6, 6.07) is 9.52. The fourth-order valence-corrected chi connectivity index (χ4v) is 3.64. The lowest BCUT2D eigenvalue weighted by molar-refractivity contribution is 0.391. The van der Waals surface area contributed by atoms with Crippen molar-refractivity contribution in [1.82, 2.24) is 24.9 Å². The molecule has 0 saturated carbocycles. The van der Waals surface area contributed by atoms with Crippen LogP contribution in [0.3, 0.4) is 0 Å². The van der Waals surface area contributed by atoms with Gasteiger partial charge in [-0.05, 0) is 30.7 Å². The van der Waals surface area contributed by atoms with Gasteiger partial charge in [-0.2, -0.15) is 4.98 Å². The van der Waals surface area contributed by atoms with Crippen molar-refractivity contribution < 1.29 is 9.47 Å². The van der Waals surface area contributed by atoms with Crippen LogP contribution in [0.15, 0.2) is 48.9 Å². The van der Waals surface area contributed by atoms with Crippen molar-refractivity contribution in [3.63, 3.8) is 0 Å². The number of anilines is 2. The molecule has 9 heteroatoms. The quantitative estimate of drug-likeness (QED) is 0.303. The summed E-state index contributed by atoms with van der Waals surface area (Å²) < 4.78 is 10.8. The highest BCUT2D eigenvalue weighted by molar-refractivity contribution is 5.86. The summed E-state index contributed by atoms with van der Waals surface area (Å²) in [4.78, 5) is 21.6. The Kier molecular flexibility index (Phi) is 7.19. The number of nitrogens with zero attached hydrogens (tertiary/aromatic N) is 4. The number of pyridine rings is 1. The second-order valence-electron chi connectivity index (χ2n) is 7.61. The van der Waals surface area contributed by atoms with Crippen LogP contribution in [0.2, 0.25) is 0 Å². The van der Waals surface area contributed by atoms with Crippen molar-refractivity contribution in [2.45, 2.75) is 38.8 Å². The highest BCUT2D eigenvalue weighted by Crippen LogP contribution is 2.28. The van der Waals surface area contributed by atoms with Gasteiger partial charge in [-0.25, -0.2) is 9.97 Å². The van der Waals surface area contributed by atoms with Crippen molar-refractivity contribution in [2.75, 3.05) is 24.9 Å². The molecule has 4 aromatic rings. The normalized spacial score (nSPS) is 11.8. The van der Waals surface area contributed by atoms with Gasteiger partial charge in [0, 0.05) is 36.8 Å². The third-order valence-electron chi connectivity index (χ3n) is 5.39. The summed E-state index contributed by atoms with van der Waals surface area (Å²) in [6.45, 7) is 2.67. The lowest BCUT2D eigenvalue weighted by Crippen LogP contribution is -2.15. The predicted molar refractivity (Wildman–Crippen MR) is 129 cm³/mol. The Morgan fingerprint density at radius 2 is 1.97 bits per heavy atom. The molecule has 0 unspecified atom stereocenters. The number of benzene rings is 1. The van der Waals surface area contributed by atoms with E-state index in [1.54, 1.807) is 26.6 Å². The summed E-state index contributed by atoms with van der Waals surface area (Å²) in [6.07, 6.45) is 8.44. The molecular formula is C24H29N7O2. The predicted octanol–water partition coefficient (Wildman–Crippen LogP) is 4.72. The molecule has 0 saturated heterocycles. The van der Waals surface area contributed by atoms with Crippen LogP contribution in [0.1, 0.15) is 43.6 Å². The zero-order valence-corrected chi connectivity index (χ0v) is 19.1. The molecule has 0 aliphatic carbocycles. The van der Waals surface area contributed by atoms with E-state index in [0.717, 1.165) is 53.2 Å². The molecule has 9 nitrogen and oxygen atoms in total. The Labute approximate surface area is 193 Å². The monoisotopic (exact) mass is 447 g/mol. The summed E-state index contributed by atoms with van der Waals surface area (Å²) in [7, 11) is 3.28. The van der Waals surface area contributed by atoms with Crippen molar-refractivity contribution in [1.29, 1.82) is 0 Å². The highest BCUT2D eigenvalue weighted by Gasteiger charge is 2.17. The molecule has 0 aliphatic heterocycles. The van der Waals surface area contributed by atoms with Crippen LogP contribution in [-0.2, 0) is 6.54 Å². The number of H-pyrrole nitrogens is 1. The molecule has 3 aromatic heterocycles. The number of methoxy groups -OCH3 is 2. The molecule has 0 bridgehead atoms. The summed E-state index contributed by atoms with van der Waals surface area (Å²) in [5.41, 5.74) is 2.45. The van der Waals surface area contributed by atoms with Gasteiger partial charge in [0.15, 0.2) is 5.82 Å². The summed E-state index contributed by atoms with van der Waals surface area (Å²) in [5.74, 6) is 3.53. The number of ether oxygens (including phenoxy) is 2. The molecule has 4 rings (SSSR count). The maximum Gasteiger partial charge on any atom is 0.225 e. The molecule has 0 radical (unpaired) electrons. The molecule has 0 fully saturated rings. The van der Waals surface area contributed by atoms with Crippen molar-refractivity contribution >= 4 is 22.8 Å². The van der Waals surface area contributed by atoms with E-state index < -0.39 is 0 Å². The van der Waals surface area contributed by atoms with E-state index in [4.69, 9.17) is 14.5 Å². The van der Waals surface area contributed by atoms with Gasteiger partial charge in [0.25, 0.3) is 0 Å². The van der Waals surface area contributed by atoms with Crippen LogP contribution >= 0.6 is 0 Å². The van der Waals surface area contributed by atoms with E-state index in [1.807, 2.05) is 36.5 Å². The SMILES string of the molecule is CCCC[C@@H](Nc1nc(NCc2ccc(OC)cc2OC)nc2cccnc12)c1ncc[nH]1. The second kappa shape index (κ2) is 10.6. The number of rotatable bonds is 11. The van der Waals surface area contributed by atoms with Crippen LogP contribution in [0.5, 0.6) is 11.5 Å². The van der Waals surface area contributed by atoms with Gasteiger partial charge < -0.3 is 25.1 Å². The molecule has 33 heavy (non-hydrogen) atoms. The second-order valence-corrected chi connectivity index (χ2v) is 7.61. The van der Waals surface area contributed by atoms with Gasteiger partial charge in [0.05, 0.1) is 25.8 Å². The largest absolute Gasteiger partial charge is 0.497 e. The first-order chi connectivity index (χ1) is 16.2. The van der Waals surface area contributed by atoms with E-state index >= 15 is 0 Å². The van der Waals surface area contributed by atoms with Gasteiger partial charge >= 0.3 is 0 Å². The first kappa shape index (κ1) is 22.3. The van der Waals surface area contributed by atoms with Crippen LogP contribution in [0.4, 0.5) is 11.8 Å². The Hall–Kier alpha value is -3.88. The Morgan fingerprint density at radius 3 is 2.73 bits per heavy atom. The fourth-order valence-electron chi connectivity index (χ4n) is 3.64. The Bertz CT molecular complexity index is 1180. The minimum atomic E-state index is -0.00501. The lowest BCUT2D eigenvalue weighted by Gasteiger charge is -2.19. The van der Waals surface area contributed by atoms with E-state index in [2.05, 4.69) is 37.5 Å². The number of fused-ring (bicyclic) bond motifs is 1. The van der Waals surface area contributed by atoms with Crippen molar-refractivity contribution in [2.24, 2.45) is 0 Å². The molecule has 0 aliphatic rings. The Balaban J connectivity index is 1.61. The van der Waals surface area contributed by atoms with Gasteiger partial charge in [-0.3, -0.25) is 4.98 Å². The third kappa shape index (κ3) is 5.31. The number of unbranched alkanes of at least 4 members (excludes halogenated alkanes) is 1. The minimum absolute atomic E-state index is 0.00501. The van der Waals surface area contributed by atoms with Crippen molar-refractivity contribution in [3.05, 3.63) is 60.3 Å². The van der Waals surface area contributed by atoms with Gasteiger partial charge in [0.1, 0.15) is 22.8 Å². The van der Waals surface area contributed by atoms with E-state index in [1.165, 1.54) is 0 Å². The van der Waals surface area contributed by atoms with E-state index in [-0.39, 0.29) is 6.04 Å². The molecule has 0 amide bonds. The zero-order valence-electron chi connectivity index (χ0n) is 19.1. The average Bonchev–Trinajstić information content (AvgIpc) is 3.40. The summed E-state index contributed by atoms with van der Waals surface area (Å²) >= 11 is 0. The number of nitrogens with one attached hydrogen (secondary N) is 3. The molecule has 3 N–H and O–H groups in total. The molecule has 172 valence electrons. The third-order valence-corrected chi connectivity index (χ3v) is 5.39. The maximum atomic E-state index is 5.51. The first-order valence-electron chi connectivity index (χ1n) is 11.0. The number of aromatic amines is 1. The number of imidazole rings is 1. The van der Waals surface area contributed by atoms with Gasteiger partial charge in [-0.1, -0.05) is 19.8 Å². The van der Waals surface area contributed by atoms with Gasteiger partial charge in [-0.15, -0.1) is 0 Å². The van der Waals surface area contributed by atoms with Crippen LogP contribution < -0.4 is 20.1 Å². The number of hydrogen-bond donors (Lipinski definition) is 3. The molecule has 1 atom stereocenters. The number of hydrogen-bond acceptors (Lipinski definition) is 8. The van der Waals surface area contributed by atoms with Crippen LogP contribution in [-0.4, -0.2) is 39.1 Å². The Morgan fingerprint density at radius 1 is 1.06 bits per heavy atom. The zero-order chi connectivity index (χ0) is 23.0. The molecule has 1 aromatic carbocycles. The lowest BCUT2D eigenvalue weighted by atomic mass is 10.1. The summed E-state index contributed by atoms with van der Waals surface area (Å²) in [5, 5.41) is 6.87. The highest BCUT2D eigenvalue weighted by atomic mass is 16.5. The van der Waals surface area contributed by atoms with Crippen molar-refractivity contribution in [3.8, 4) is 11.5 Å². The van der Waals surface area contributed by atoms with E-state index in [9.17, 15) is 0 Å². The molecule has 3 heterocycles. The number of aromatic nitrogens is 5. The van der Waals surface area contributed by atoms with Gasteiger partial charge in [0.2, 0.25) is 5.95 Å². The van der Waals surface area contributed by atoms with E-state index in [0.29, 0.717) is 18.3 Å². The smallest absolute Gasteiger partial charge is 0.225 e. The minimum Gasteiger partial charge on any atom is -0.497 e. The first-order valence-corrected chi connectivity index (χ1v) is 11.0. The van der Waals surface area contributed by atoms with Crippen LogP contribution in [0.25, 0.3) is 11.0 Å². The van der Waals surface area contributed by atoms with Crippen LogP contribution in [0, 0.1) is 0 Å². The topological polar surface area (TPSA) is 110 Å². The fraction of sp³-hybridized carbons (Fsp3) is 0.333.